The van der Waals surface area contributed by atoms with E-state index in [1.807, 2.05) is 30.3 Å². The Bertz CT molecular complexity index is 892. The fourth-order valence-electron chi connectivity index (χ4n) is 2.74. The van der Waals surface area contributed by atoms with Gasteiger partial charge in [-0.25, -0.2) is 13.2 Å². The molecule has 144 valence electrons. The topological polar surface area (TPSA) is 82.1 Å². The smallest absolute Gasteiger partial charge is 0.338 e. The van der Waals surface area contributed by atoms with Gasteiger partial charge in [0, 0.05) is 13.1 Å². The minimum atomic E-state index is -3.81. The SMILES string of the molecule is COc1ccc(C(=O)OCc2ccccc2)cc1S(=O)(=O)N1CCOCC1. The molecule has 1 aliphatic rings. The highest BCUT2D eigenvalue weighted by molar-refractivity contribution is 7.89. The Morgan fingerprint density at radius 3 is 2.48 bits per heavy atom. The number of morpholine rings is 1. The molecule has 27 heavy (non-hydrogen) atoms. The molecule has 8 heteroatoms. The molecule has 0 spiro atoms. The molecule has 3 rings (SSSR count). The average Bonchev–Trinajstić information content (AvgIpc) is 2.73. The van der Waals surface area contributed by atoms with Gasteiger partial charge in [0.05, 0.1) is 25.9 Å². The summed E-state index contributed by atoms with van der Waals surface area (Å²) in [6.07, 6.45) is 0. The van der Waals surface area contributed by atoms with Gasteiger partial charge in [-0.3, -0.25) is 0 Å². The van der Waals surface area contributed by atoms with Crippen molar-refractivity contribution in [3.05, 3.63) is 59.7 Å². The van der Waals surface area contributed by atoms with Crippen LogP contribution in [0.25, 0.3) is 0 Å². The molecule has 0 saturated carbocycles. The van der Waals surface area contributed by atoms with Crippen LogP contribution in [-0.4, -0.2) is 52.1 Å². The molecule has 0 aliphatic carbocycles. The third kappa shape index (κ3) is 4.47. The summed E-state index contributed by atoms with van der Waals surface area (Å²) in [6.45, 7) is 1.29. The highest BCUT2D eigenvalue weighted by Gasteiger charge is 2.30. The van der Waals surface area contributed by atoms with Gasteiger partial charge in [-0.2, -0.15) is 4.31 Å². The van der Waals surface area contributed by atoms with E-state index in [2.05, 4.69) is 0 Å². The lowest BCUT2D eigenvalue weighted by Gasteiger charge is -2.26. The van der Waals surface area contributed by atoms with E-state index >= 15 is 0 Å². The first-order valence-corrected chi connectivity index (χ1v) is 9.93. The third-order valence-electron chi connectivity index (χ3n) is 4.20. The Morgan fingerprint density at radius 1 is 1.11 bits per heavy atom. The van der Waals surface area contributed by atoms with E-state index in [4.69, 9.17) is 14.2 Å². The maximum absolute atomic E-state index is 13.0. The van der Waals surface area contributed by atoms with E-state index in [-0.39, 0.29) is 35.9 Å². The zero-order valence-corrected chi connectivity index (χ0v) is 15.8. The predicted octanol–water partition coefficient (Wildman–Crippen LogP) is 2.07. The lowest BCUT2D eigenvalue weighted by atomic mass is 10.2. The van der Waals surface area contributed by atoms with Gasteiger partial charge in [0.25, 0.3) is 0 Å². The molecule has 7 nitrogen and oxygen atoms in total. The largest absolute Gasteiger partial charge is 0.495 e. The second kappa shape index (κ2) is 8.51. The van der Waals surface area contributed by atoms with E-state index in [1.54, 1.807) is 0 Å². The number of nitrogens with zero attached hydrogens (tertiary/aromatic N) is 1. The van der Waals surface area contributed by atoms with Crippen molar-refractivity contribution in [1.29, 1.82) is 0 Å². The van der Waals surface area contributed by atoms with Crippen LogP contribution in [0.4, 0.5) is 0 Å². The number of methoxy groups -OCH3 is 1. The van der Waals surface area contributed by atoms with Crippen LogP contribution in [0.3, 0.4) is 0 Å². The Labute approximate surface area is 158 Å². The van der Waals surface area contributed by atoms with Gasteiger partial charge < -0.3 is 14.2 Å². The van der Waals surface area contributed by atoms with Crippen molar-refractivity contribution in [3.8, 4) is 5.75 Å². The molecule has 0 bridgehead atoms. The minimum Gasteiger partial charge on any atom is -0.495 e. The first-order chi connectivity index (χ1) is 13.0. The van der Waals surface area contributed by atoms with Crippen LogP contribution in [0.1, 0.15) is 15.9 Å². The molecule has 2 aromatic carbocycles. The highest BCUT2D eigenvalue weighted by Crippen LogP contribution is 2.28. The van der Waals surface area contributed by atoms with Crippen molar-refractivity contribution < 1.29 is 27.4 Å². The molecule has 0 radical (unpaired) electrons. The van der Waals surface area contributed by atoms with Crippen molar-refractivity contribution in [1.82, 2.24) is 4.31 Å². The summed E-state index contributed by atoms with van der Waals surface area (Å²) in [7, 11) is -2.42. The molecule has 1 aliphatic heterocycles. The standard InChI is InChI=1S/C19H21NO6S/c1-24-17-8-7-16(19(21)26-14-15-5-3-2-4-6-15)13-18(17)27(22,23)20-9-11-25-12-10-20/h2-8,13H,9-12,14H2,1H3. The van der Waals surface area contributed by atoms with E-state index in [0.29, 0.717) is 13.2 Å². The normalized spacial score (nSPS) is 15.3. The summed E-state index contributed by atoms with van der Waals surface area (Å²) < 4.78 is 42.9. The molecule has 1 fully saturated rings. The van der Waals surface area contributed by atoms with Crippen molar-refractivity contribution in [2.75, 3.05) is 33.4 Å². The zero-order chi connectivity index (χ0) is 19.3. The summed E-state index contributed by atoms with van der Waals surface area (Å²) in [5, 5.41) is 0. The molecule has 2 aromatic rings. The number of carbonyl (C=O) groups is 1. The van der Waals surface area contributed by atoms with E-state index in [0.717, 1.165) is 5.56 Å². The highest BCUT2D eigenvalue weighted by atomic mass is 32.2. The van der Waals surface area contributed by atoms with Crippen LogP contribution >= 0.6 is 0 Å². The number of benzene rings is 2. The van der Waals surface area contributed by atoms with Crippen LogP contribution < -0.4 is 4.74 Å². The van der Waals surface area contributed by atoms with Crippen molar-refractivity contribution in [3.63, 3.8) is 0 Å². The number of rotatable bonds is 6. The predicted molar refractivity (Wildman–Crippen MR) is 98.1 cm³/mol. The van der Waals surface area contributed by atoms with Crippen LogP contribution in [0.5, 0.6) is 5.75 Å². The van der Waals surface area contributed by atoms with E-state index in [9.17, 15) is 13.2 Å². The number of carbonyl (C=O) groups excluding carboxylic acids is 1. The average molecular weight is 391 g/mol. The molecule has 1 saturated heterocycles. The molecule has 0 atom stereocenters. The second-order valence-electron chi connectivity index (χ2n) is 5.94. The first-order valence-electron chi connectivity index (χ1n) is 8.49. The molecule has 0 N–H and O–H groups in total. The van der Waals surface area contributed by atoms with E-state index < -0.39 is 16.0 Å². The Hall–Kier alpha value is -2.42. The lowest BCUT2D eigenvalue weighted by Crippen LogP contribution is -2.40. The maximum Gasteiger partial charge on any atom is 0.338 e. The van der Waals surface area contributed by atoms with Gasteiger partial charge in [0.2, 0.25) is 10.0 Å². The van der Waals surface area contributed by atoms with Gasteiger partial charge in [-0.1, -0.05) is 30.3 Å². The van der Waals surface area contributed by atoms with E-state index in [1.165, 1.54) is 29.6 Å². The monoisotopic (exact) mass is 391 g/mol. The third-order valence-corrected chi connectivity index (χ3v) is 6.12. The van der Waals surface area contributed by atoms with Crippen molar-refractivity contribution in [2.24, 2.45) is 0 Å². The Balaban J connectivity index is 1.83. The van der Waals surface area contributed by atoms with Gasteiger partial charge in [0.1, 0.15) is 17.3 Å². The summed E-state index contributed by atoms with van der Waals surface area (Å²) in [6, 6.07) is 13.5. The molecule has 0 aromatic heterocycles. The number of esters is 1. The van der Waals surface area contributed by atoms with Crippen LogP contribution in [0.2, 0.25) is 0 Å². The number of hydrogen-bond acceptors (Lipinski definition) is 6. The summed E-state index contributed by atoms with van der Waals surface area (Å²) in [4.78, 5) is 12.3. The molecular weight excluding hydrogens is 370 g/mol. The zero-order valence-electron chi connectivity index (χ0n) is 15.0. The van der Waals surface area contributed by atoms with Gasteiger partial charge in [-0.05, 0) is 23.8 Å². The van der Waals surface area contributed by atoms with Crippen molar-refractivity contribution in [2.45, 2.75) is 11.5 Å². The first kappa shape index (κ1) is 19.3. The van der Waals surface area contributed by atoms with Crippen molar-refractivity contribution >= 4 is 16.0 Å². The van der Waals surface area contributed by atoms with Gasteiger partial charge in [0.15, 0.2) is 0 Å². The number of ether oxygens (including phenoxy) is 3. The molecule has 1 heterocycles. The van der Waals surface area contributed by atoms with Gasteiger partial charge >= 0.3 is 5.97 Å². The lowest BCUT2D eigenvalue weighted by molar-refractivity contribution is 0.0472. The van der Waals surface area contributed by atoms with Crippen LogP contribution in [0, 0.1) is 0 Å². The Morgan fingerprint density at radius 2 is 1.81 bits per heavy atom. The number of hydrogen-bond donors (Lipinski definition) is 0. The van der Waals surface area contributed by atoms with Crippen LogP contribution in [-0.2, 0) is 26.1 Å². The quantitative estimate of drug-likeness (QED) is 0.701. The molecule has 0 unspecified atom stereocenters. The fourth-order valence-corrected chi connectivity index (χ4v) is 4.33. The molecule has 0 amide bonds. The minimum absolute atomic E-state index is 0.0546. The van der Waals surface area contributed by atoms with Crippen LogP contribution in [0.15, 0.2) is 53.4 Å². The molecular formula is C19H21NO6S. The summed E-state index contributed by atoms with van der Waals surface area (Å²) in [5.41, 5.74) is 0.999. The fraction of sp³-hybridized carbons (Fsp3) is 0.316. The number of sulfonamides is 1. The van der Waals surface area contributed by atoms with Gasteiger partial charge in [-0.15, -0.1) is 0 Å². The maximum atomic E-state index is 13.0. The summed E-state index contributed by atoms with van der Waals surface area (Å²) in [5.74, 6) is -0.416. The second-order valence-corrected chi connectivity index (χ2v) is 7.85. The Kier molecular flexibility index (Phi) is 6.10. The summed E-state index contributed by atoms with van der Waals surface area (Å²) >= 11 is 0.